The minimum absolute atomic E-state index is 0.0293. The Bertz CT molecular complexity index is 795. The van der Waals surface area contributed by atoms with Gasteiger partial charge in [-0.05, 0) is 30.4 Å². The monoisotopic (exact) mass is 358 g/mol. The van der Waals surface area contributed by atoms with Gasteiger partial charge in [0.15, 0.2) is 5.02 Å². The Hall–Kier alpha value is -2.55. The normalized spacial score (nSPS) is 10.7. The first kappa shape index (κ1) is 17.8. The average Bonchev–Trinajstić information content (AvgIpc) is 2.79. The lowest BCUT2D eigenvalue weighted by atomic mass is 10.2. The molecular formula is C14H13ClF2N4O3. The quantitative estimate of drug-likeness (QED) is 0.632. The first-order valence-corrected chi connectivity index (χ1v) is 7.29. The molecule has 2 rings (SSSR count). The Morgan fingerprint density at radius 3 is 2.75 bits per heavy atom. The van der Waals surface area contributed by atoms with E-state index in [2.05, 4.69) is 10.4 Å². The van der Waals surface area contributed by atoms with Crippen molar-refractivity contribution in [3.05, 3.63) is 50.7 Å². The number of aromatic nitrogens is 2. The summed E-state index contributed by atoms with van der Waals surface area (Å²) in [6.45, 7) is 1.81. The van der Waals surface area contributed by atoms with Crippen LogP contribution in [0.25, 0.3) is 0 Å². The molecule has 1 heterocycles. The highest BCUT2D eigenvalue weighted by molar-refractivity contribution is 6.33. The molecule has 0 radical (unpaired) electrons. The number of nitrogens with zero attached hydrogens (tertiary/aromatic N) is 3. The maximum Gasteiger partial charge on any atom is 0.408 e. The molecule has 1 aromatic heterocycles. The van der Waals surface area contributed by atoms with E-state index in [1.54, 1.807) is 6.92 Å². The smallest absolute Gasteiger partial charge is 0.358 e. The fourth-order valence-corrected chi connectivity index (χ4v) is 2.24. The number of carbonyl (C=O) groups is 1. The number of aryl methyl sites for hydroxylation is 1. The first-order chi connectivity index (χ1) is 11.3. The van der Waals surface area contributed by atoms with Crippen LogP contribution in [0.2, 0.25) is 5.02 Å². The Labute approximate surface area is 140 Å². The largest absolute Gasteiger partial charge is 0.408 e. The van der Waals surface area contributed by atoms with Crippen molar-refractivity contribution in [1.82, 2.24) is 9.78 Å². The maximum atomic E-state index is 13.4. The molecule has 0 aliphatic carbocycles. The van der Waals surface area contributed by atoms with Gasteiger partial charge < -0.3 is 15.4 Å². The molecular weight excluding hydrogens is 346 g/mol. The van der Waals surface area contributed by atoms with E-state index in [0.717, 1.165) is 12.1 Å². The molecule has 0 aliphatic heterocycles. The zero-order valence-electron chi connectivity index (χ0n) is 12.6. The highest BCUT2D eigenvalue weighted by atomic mass is 35.5. The van der Waals surface area contributed by atoms with Crippen LogP contribution in [0.4, 0.5) is 20.3 Å². The first-order valence-electron chi connectivity index (χ1n) is 6.91. The summed E-state index contributed by atoms with van der Waals surface area (Å²) in [5.74, 6) is -2.51. The summed E-state index contributed by atoms with van der Waals surface area (Å²) in [7, 11) is 0. The van der Waals surface area contributed by atoms with E-state index in [1.807, 2.05) is 0 Å². The second-order valence-corrected chi connectivity index (χ2v) is 5.36. The zero-order valence-corrected chi connectivity index (χ0v) is 13.3. The lowest BCUT2D eigenvalue weighted by Gasteiger charge is -2.06. The van der Waals surface area contributed by atoms with Gasteiger partial charge in [-0.3, -0.25) is 4.79 Å². The third-order valence-corrected chi connectivity index (χ3v) is 3.71. The fourth-order valence-electron chi connectivity index (χ4n) is 2.04. The molecule has 7 nitrogen and oxygen atoms in total. The minimum atomic E-state index is -0.867. The van der Waals surface area contributed by atoms with Crippen molar-refractivity contribution in [2.45, 2.75) is 26.3 Å². The van der Waals surface area contributed by atoms with E-state index in [0.29, 0.717) is 18.2 Å². The number of hydrogen-bond donors (Lipinski definition) is 1. The van der Waals surface area contributed by atoms with E-state index in [9.17, 15) is 23.7 Å². The number of halogens is 3. The van der Waals surface area contributed by atoms with Crippen molar-refractivity contribution < 1.29 is 18.5 Å². The van der Waals surface area contributed by atoms with Gasteiger partial charge in [-0.2, -0.15) is 4.68 Å². The molecule has 0 atom stereocenters. The molecule has 0 saturated heterocycles. The molecule has 0 saturated carbocycles. The topological polar surface area (TPSA) is 90.1 Å². The number of amides is 1. The van der Waals surface area contributed by atoms with E-state index in [4.69, 9.17) is 11.6 Å². The van der Waals surface area contributed by atoms with Crippen molar-refractivity contribution in [1.29, 1.82) is 0 Å². The van der Waals surface area contributed by atoms with Crippen molar-refractivity contribution in [2.24, 2.45) is 0 Å². The molecule has 0 unspecified atom stereocenters. The number of hydrogen-bond acceptors (Lipinski definition) is 4. The van der Waals surface area contributed by atoms with Crippen LogP contribution >= 0.6 is 11.6 Å². The molecule has 128 valence electrons. The lowest BCUT2D eigenvalue weighted by molar-refractivity contribution is -0.389. The Morgan fingerprint density at radius 2 is 2.17 bits per heavy atom. The molecule has 0 spiro atoms. The van der Waals surface area contributed by atoms with E-state index in [1.165, 1.54) is 4.68 Å². The molecule has 0 aliphatic rings. The fraction of sp³-hybridized carbons (Fsp3) is 0.286. The summed E-state index contributed by atoms with van der Waals surface area (Å²) in [6, 6.07) is 2.83. The molecule has 0 fully saturated rings. The van der Waals surface area contributed by atoms with Crippen LogP contribution in [-0.2, 0) is 11.3 Å². The van der Waals surface area contributed by atoms with Gasteiger partial charge in [-0.15, -0.1) is 0 Å². The summed E-state index contributed by atoms with van der Waals surface area (Å²) >= 11 is 5.81. The summed E-state index contributed by atoms with van der Waals surface area (Å²) in [6.07, 6.45) is 0.339. The van der Waals surface area contributed by atoms with Crippen LogP contribution in [0.1, 0.15) is 18.5 Å². The van der Waals surface area contributed by atoms with Crippen LogP contribution in [0.15, 0.2) is 18.2 Å². The van der Waals surface area contributed by atoms with E-state index >= 15 is 0 Å². The van der Waals surface area contributed by atoms with Crippen molar-refractivity contribution in [3.8, 4) is 0 Å². The SMILES string of the molecule is Cc1c(Cl)c([N+](=O)[O-])nn1CCCC(=O)Nc1ccc(F)cc1F. The third kappa shape index (κ3) is 4.05. The van der Waals surface area contributed by atoms with Gasteiger partial charge in [0.2, 0.25) is 5.91 Å². The van der Waals surface area contributed by atoms with Gasteiger partial charge in [0.25, 0.3) is 0 Å². The number of benzene rings is 1. The second-order valence-electron chi connectivity index (χ2n) is 4.98. The van der Waals surface area contributed by atoms with Crippen molar-refractivity contribution in [3.63, 3.8) is 0 Å². The summed E-state index contributed by atoms with van der Waals surface area (Å²) in [4.78, 5) is 21.8. The van der Waals surface area contributed by atoms with E-state index < -0.39 is 28.3 Å². The zero-order chi connectivity index (χ0) is 17.9. The van der Waals surface area contributed by atoms with Crippen LogP contribution in [0.5, 0.6) is 0 Å². The molecule has 1 amide bonds. The number of nitrogens with one attached hydrogen (secondary N) is 1. The van der Waals surface area contributed by atoms with Gasteiger partial charge >= 0.3 is 5.82 Å². The van der Waals surface area contributed by atoms with Crippen LogP contribution < -0.4 is 5.32 Å². The number of rotatable bonds is 6. The summed E-state index contributed by atoms with van der Waals surface area (Å²) in [5, 5.41) is 16.8. The van der Waals surface area contributed by atoms with Gasteiger partial charge in [0.1, 0.15) is 11.6 Å². The van der Waals surface area contributed by atoms with Crippen molar-refractivity contribution >= 4 is 29.0 Å². The number of anilines is 1. The highest BCUT2D eigenvalue weighted by Gasteiger charge is 2.23. The number of nitro groups is 1. The highest BCUT2D eigenvalue weighted by Crippen LogP contribution is 2.26. The van der Waals surface area contributed by atoms with Crippen LogP contribution in [-0.4, -0.2) is 20.6 Å². The Kier molecular flexibility index (Phi) is 5.45. The van der Waals surface area contributed by atoms with Gasteiger partial charge in [0.05, 0.1) is 23.0 Å². The standard InChI is InChI=1S/C14H13ClF2N4O3/c1-8-13(15)14(21(23)24)19-20(8)6-2-3-12(22)18-11-5-4-9(16)7-10(11)17/h4-5,7H,2-3,6H2,1H3,(H,18,22). The van der Waals surface area contributed by atoms with Crippen LogP contribution in [0, 0.1) is 28.7 Å². The molecule has 24 heavy (non-hydrogen) atoms. The van der Waals surface area contributed by atoms with E-state index in [-0.39, 0.29) is 23.7 Å². The summed E-state index contributed by atoms with van der Waals surface area (Å²) < 4.78 is 27.5. The predicted octanol–water partition coefficient (Wildman–Crippen LogP) is 3.45. The van der Waals surface area contributed by atoms with Gasteiger partial charge in [-0.25, -0.2) is 8.78 Å². The minimum Gasteiger partial charge on any atom is -0.358 e. The number of carbonyl (C=O) groups excluding carboxylic acids is 1. The molecule has 10 heteroatoms. The Balaban J connectivity index is 1.91. The Morgan fingerprint density at radius 1 is 1.46 bits per heavy atom. The van der Waals surface area contributed by atoms with Gasteiger partial charge in [-0.1, -0.05) is 11.6 Å². The predicted molar refractivity (Wildman–Crippen MR) is 82.9 cm³/mol. The molecule has 0 bridgehead atoms. The van der Waals surface area contributed by atoms with Gasteiger partial charge in [0, 0.05) is 12.5 Å². The third-order valence-electron chi connectivity index (χ3n) is 3.27. The molecule has 1 aromatic carbocycles. The average molecular weight is 359 g/mol. The van der Waals surface area contributed by atoms with Crippen molar-refractivity contribution in [2.75, 3.05) is 5.32 Å². The second kappa shape index (κ2) is 7.35. The maximum absolute atomic E-state index is 13.4. The molecule has 2 aromatic rings. The molecule has 1 N–H and O–H groups in total. The summed E-state index contributed by atoms with van der Waals surface area (Å²) in [5.41, 5.74) is 0.309. The lowest BCUT2D eigenvalue weighted by Crippen LogP contribution is -2.14. The van der Waals surface area contributed by atoms with Crippen LogP contribution in [0.3, 0.4) is 0 Å².